The fourth-order valence-corrected chi connectivity index (χ4v) is 7.19. The monoisotopic (exact) mass is 604 g/mol. The molecular formula is C27H35F3N2O6S2. The first-order valence-electron chi connectivity index (χ1n) is 13.4. The number of anilines is 1. The SMILES string of the molecule is NS(=O)(=O)c1c(F)c(F)c(S(=O)(=O)CCc2ccc(C(=O)O)cc2)c(NC2CCCCCCCCCCC2)c1F. The average molecular weight is 605 g/mol. The minimum atomic E-state index is -5.08. The third kappa shape index (κ3) is 8.20. The van der Waals surface area contributed by atoms with E-state index in [0.29, 0.717) is 18.4 Å². The summed E-state index contributed by atoms with van der Waals surface area (Å²) in [5.41, 5.74) is -0.574. The van der Waals surface area contributed by atoms with Gasteiger partial charge in [-0.15, -0.1) is 0 Å². The standard InChI is InChI=1S/C27H35F3N2O6S2/c28-21-22(29)26(39(35,36)17-16-18-12-14-19(15-13-18)27(33)34)24(23(30)25(21)40(31,37)38)32-20-10-8-6-4-2-1-3-5-7-9-11-20/h12-15,20,32H,1-11,16-17H2,(H,33,34)(H2,31,37,38). The van der Waals surface area contributed by atoms with Gasteiger partial charge in [-0.05, 0) is 37.0 Å². The van der Waals surface area contributed by atoms with Gasteiger partial charge in [0.2, 0.25) is 10.0 Å². The number of nitrogens with two attached hydrogens (primary N) is 1. The van der Waals surface area contributed by atoms with Crippen LogP contribution in [0.2, 0.25) is 0 Å². The van der Waals surface area contributed by atoms with Gasteiger partial charge in [0.05, 0.1) is 17.0 Å². The number of carbonyl (C=O) groups is 1. The summed E-state index contributed by atoms with van der Waals surface area (Å²) in [4.78, 5) is 8.03. The summed E-state index contributed by atoms with van der Waals surface area (Å²) < 4.78 is 96.5. The van der Waals surface area contributed by atoms with Crippen molar-refractivity contribution in [3.8, 4) is 0 Å². The molecule has 0 saturated heterocycles. The Morgan fingerprint density at radius 3 is 1.75 bits per heavy atom. The lowest BCUT2D eigenvalue weighted by Gasteiger charge is -2.24. The Bertz CT molecular complexity index is 1400. The molecule has 0 aromatic heterocycles. The Labute approximate surface area is 233 Å². The number of sulfone groups is 1. The van der Waals surface area contributed by atoms with E-state index in [1.54, 1.807) is 0 Å². The molecule has 1 aliphatic rings. The summed E-state index contributed by atoms with van der Waals surface area (Å²) in [5.74, 6) is -7.96. The van der Waals surface area contributed by atoms with Crippen molar-refractivity contribution in [1.29, 1.82) is 0 Å². The fraction of sp³-hybridized carbons (Fsp3) is 0.519. The molecule has 2 aromatic rings. The maximum absolute atomic E-state index is 15.6. The first kappa shape index (κ1) is 31.9. The van der Waals surface area contributed by atoms with Crippen LogP contribution in [0.1, 0.15) is 86.6 Å². The molecule has 0 bridgehead atoms. The van der Waals surface area contributed by atoms with Crippen LogP contribution in [0.5, 0.6) is 0 Å². The number of aromatic carboxylic acids is 1. The first-order chi connectivity index (χ1) is 18.8. The second-order valence-electron chi connectivity index (χ2n) is 10.2. The summed E-state index contributed by atoms with van der Waals surface area (Å²) in [6, 6.07) is 4.78. The van der Waals surface area contributed by atoms with Gasteiger partial charge < -0.3 is 10.4 Å². The Morgan fingerprint density at radius 2 is 1.27 bits per heavy atom. The average Bonchev–Trinajstić information content (AvgIpc) is 2.87. The number of halogens is 3. The number of hydrogen-bond acceptors (Lipinski definition) is 6. The van der Waals surface area contributed by atoms with Crippen LogP contribution < -0.4 is 10.5 Å². The van der Waals surface area contributed by atoms with E-state index in [-0.39, 0.29) is 12.0 Å². The van der Waals surface area contributed by atoms with Gasteiger partial charge >= 0.3 is 5.97 Å². The molecule has 0 aliphatic heterocycles. The van der Waals surface area contributed by atoms with Crippen molar-refractivity contribution < 1.29 is 39.9 Å². The number of carboxylic acid groups (broad SMARTS) is 1. The minimum Gasteiger partial charge on any atom is -0.478 e. The van der Waals surface area contributed by atoms with E-state index in [1.807, 2.05) is 0 Å². The van der Waals surface area contributed by atoms with Gasteiger partial charge in [-0.1, -0.05) is 69.9 Å². The number of carboxylic acids is 1. The number of aryl methyl sites for hydroxylation is 1. The van der Waals surface area contributed by atoms with Crippen LogP contribution in [0, 0.1) is 17.5 Å². The lowest BCUT2D eigenvalue weighted by atomic mass is 9.97. The van der Waals surface area contributed by atoms with E-state index in [2.05, 4.69) is 5.32 Å². The van der Waals surface area contributed by atoms with E-state index in [0.717, 1.165) is 57.8 Å². The van der Waals surface area contributed by atoms with Crippen molar-refractivity contribution in [3.63, 3.8) is 0 Å². The van der Waals surface area contributed by atoms with E-state index in [9.17, 15) is 26.0 Å². The fourth-order valence-electron chi connectivity index (χ4n) is 4.97. The lowest BCUT2D eigenvalue weighted by molar-refractivity contribution is 0.0696. The van der Waals surface area contributed by atoms with Crippen molar-refractivity contribution in [1.82, 2.24) is 0 Å². The molecule has 8 nitrogen and oxygen atoms in total. The third-order valence-corrected chi connectivity index (χ3v) is 9.82. The maximum Gasteiger partial charge on any atom is 0.335 e. The van der Waals surface area contributed by atoms with Gasteiger partial charge in [0, 0.05) is 6.04 Å². The zero-order valence-corrected chi connectivity index (χ0v) is 23.7. The van der Waals surface area contributed by atoms with Crippen LogP contribution in [0.15, 0.2) is 34.1 Å². The van der Waals surface area contributed by atoms with Gasteiger partial charge in [0.1, 0.15) is 4.90 Å². The molecule has 0 amide bonds. The molecule has 40 heavy (non-hydrogen) atoms. The Morgan fingerprint density at radius 1 is 0.800 bits per heavy atom. The number of sulfonamides is 1. The van der Waals surface area contributed by atoms with Gasteiger partial charge in [-0.25, -0.2) is 39.9 Å². The van der Waals surface area contributed by atoms with Crippen LogP contribution >= 0.6 is 0 Å². The van der Waals surface area contributed by atoms with Crippen LogP contribution in [0.3, 0.4) is 0 Å². The highest BCUT2D eigenvalue weighted by Crippen LogP contribution is 2.37. The normalized spacial score (nSPS) is 16.6. The molecule has 222 valence electrons. The summed E-state index contributed by atoms with van der Waals surface area (Å²) in [6.45, 7) is 0. The molecular weight excluding hydrogens is 569 g/mol. The summed E-state index contributed by atoms with van der Waals surface area (Å²) in [5, 5.41) is 16.7. The van der Waals surface area contributed by atoms with Crippen LogP contribution in [-0.2, 0) is 26.3 Å². The minimum absolute atomic E-state index is 0.0242. The van der Waals surface area contributed by atoms with Crippen molar-refractivity contribution in [2.24, 2.45) is 5.14 Å². The number of primary sulfonamides is 1. The quantitative estimate of drug-likeness (QED) is 0.335. The lowest BCUT2D eigenvalue weighted by Crippen LogP contribution is -2.27. The van der Waals surface area contributed by atoms with Crippen molar-refractivity contribution in [2.75, 3.05) is 11.1 Å². The summed E-state index contributed by atoms with van der Waals surface area (Å²) in [6.07, 6.45) is 9.40. The predicted molar refractivity (Wildman–Crippen MR) is 145 cm³/mol. The molecule has 0 atom stereocenters. The molecule has 1 saturated carbocycles. The number of nitrogens with one attached hydrogen (secondary N) is 1. The Hall–Kier alpha value is -2.64. The molecule has 0 unspecified atom stereocenters. The molecule has 0 spiro atoms. The van der Waals surface area contributed by atoms with Gasteiger partial charge in [-0.3, -0.25) is 0 Å². The molecule has 0 heterocycles. The highest BCUT2D eigenvalue weighted by atomic mass is 32.2. The largest absolute Gasteiger partial charge is 0.478 e. The molecule has 2 aromatic carbocycles. The smallest absolute Gasteiger partial charge is 0.335 e. The highest BCUT2D eigenvalue weighted by Gasteiger charge is 2.36. The molecule has 3 rings (SSSR count). The van der Waals surface area contributed by atoms with Crippen LogP contribution in [0.25, 0.3) is 0 Å². The van der Waals surface area contributed by atoms with Crippen molar-refractivity contribution in [3.05, 3.63) is 52.8 Å². The molecule has 0 radical (unpaired) electrons. The first-order valence-corrected chi connectivity index (χ1v) is 16.6. The zero-order chi connectivity index (χ0) is 29.5. The van der Waals surface area contributed by atoms with Crippen LogP contribution in [0.4, 0.5) is 18.9 Å². The molecule has 4 N–H and O–H groups in total. The predicted octanol–water partition coefficient (Wildman–Crippen LogP) is 5.55. The second kappa shape index (κ2) is 13.8. The highest BCUT2D eigenvalue weighted by molar-refractivity contribution is 7.91. The molecule has 1 aliphatic carbocycles. The zero-order valence-electron chi connectivity index (χ0n) is 22.1. The maximum atomic E-state index is 15.6. The summed E-state index contributed by atoms with van der Waals surface area (Å²) >= 11 is 0. The number of hydrogen-bond donors (Lipinski definition) is 3. The van der Waals surface area contributed by atoms with E-state index < -0.39 is 70.6 Å². The number of benzene rings is 2. The van der Waals surface area contributed by atoms with Crippen LogP contribution in [-0.4, -0.2) is 39.7 Å². The topological polar surface area (TPSA) is 144 Å². The number of rotatable bonds is 8. The molecule has 1 fully saturated rings. The summed E-state index contributed by atoms with van der Waals surface area (Å²) in [7, 11) is -9.80. The molecule has 13 heteroatoms. The van der Waals surface area contributed by atoms with Gasteiger partial charge in [0.25, 0.3) is 0 Å². The van der Waals surface area contributed by atoms with E-state index in [1.165, 1.54) is 24.3 Å². The van der Waals surface area contributed by atoms with E-state index in [4.69, 9.17) is 10.2 Å². The third-order valence-electron chi connectivity index (χ3n) is 7.15. The van der Waals surface area contributed by atoms with Gasteiger partial charge in [-0.2, -0.15) is 0 Å². The van der Waals surface area contributed by atoms with Gasteiger partial charge in [0.15, 0.2) is 32.2 Å². The Kier molecular flexibility index (Phi) is 11.0. The van der Waals surface area contributed by atoms with Crippen molar-refractivity contribution in [2.45, 2.75) is 92.9 Å². The van der Waals surface area contributed by atoms with E-state index >= 15 is 8.78 Å². The second-order valence-corrected chi connectivity index (χ2v) is 13.7. The Balaban J connectivity index is 2.01. The van der Waals surface area contributed by atoms with Crippen molar-refractivity contribution >= 4 is 31.5 Å².